The van der Waals surface area contributed by atoms with E-state index in [-0.39, 0.29) is 50.3 Å². The van der Waals surface area contributed by atoms with Gasteiger partial charge in [0, 0.05) is 67.1 Å². The van der Waals surface area contributed by atoms with Crippen LogP contribution in [0.5, 0.6) is 0 Å². The van der Waals surface area contributed by atoms with Gasteiger partial charge in [-0.25, -0.2) is 0 Å². The van der Waals surface area contributed by atoms with Crippen LogP contribution in [0.25, 0.3) is 38.7 Å². The number of hydrogen-bond donors (Lipinski definition) is 0. The highest BCUT2D eigenvalue weighted by atomic mass is 16.3. The van der Waals surface area contributed by atoms with Crippen molar-refractivity contribution >= 4 is 95.9 Å². The van der Waals surface area contributed by atoms with Gasteiger partial charge < -0.3 is 23.7 Å². The molecule has 7 aliphatic rings. The van der Waals surface area contributed by atoms with E-state index in [4.69, 9.17) is 4.42 Å². The first-order valence-corrected chi connectivity index (χ1v) is 31.9. The number of furan rings is 1. The molecule has 0 saturated heterocycles. The summed E-state index contributed by atoms with van der Waals surface area (Å²) in [5.74, 6) is 0. The van der Waals surface area contributed by atoms with Gasteiger partial charge in [0.15, 0.2) is 5.58 Å². The summed E-state index contributed by atoms with van der Waals surface area (Å²) in [5, 5.41) is 2.34. The molecule has 0 radical (unpaired) electrons. The molecule has 0 spiro atoms. The Morgan fingerprint density at radius 3 is 1.63 bits per heavy atom. The molecule has 2 aromatic heterocycles. The van der Waals surface area contributed by atoms with E-state index in [2.05, 4.69) is 244 Å². The lowest BCUT2D eigenvalue weighted by molar-refractivity contribution is 0.195. The molecule has 16 rings (SSSR count). The van der Waals surface area contributed by atoms with E-state index in [9.17, 15) is 0 Å². The lowest BCUT2D eigenvalue weighted by Gasteiger charge is -2.51. The van der Waals surface area contributed by atoms with Crippen molar-refractivity contribution in [2.24, 2.45) is 0 Å². The van der Waals surface area contributed by atoms with Crippen LogP contribution in [0, 0.1) is 6.92 Å². The molecular weight excluding hydrogens is 1010 g/mol. The lowest BCUT2D eigenvalue weighted by atomic mass is 9.33. The molecule has 6 heterocycles. The Bertz CT molecular complexity index is 4330. The van der Waals surface area contributed by atoms with Gasteiger partial charge in [-0.15, -0.1) is 0 Å². The molecule has 4 unspecified atom stereocenters. The van der Waals surface area contributed by atoms with E-state index in [1.165, 1.54) is 162 Å². The van der Waals surface area contributed by atoms with Crippen LogP contribution in [-0.2, 0) is 32.5 Å². The summed E-state index contributed by atoms with van der Waals surface area (Å²) < 4.78 is 9.74. The fourth-order valence-electron chi connectivity index (χ4n) is 18.6. The largest absolute Gasteiger partial charge is 0.454 e. The number of hydrogen-bond acceptors (Lipinski definition) is 4. The molecule has 3 aliphatic carbocycles. The Hall–Kier alpha value is -6.66. The van der Waals surface area contributed by atoms with E-state index in [1.54, 1.807) is 0 Å². The molecule has 7 aromatic carbocycles. The number of aromatic nitrogens is 1. The summed E-state index contributed by atoms with van der Waals surface area (Å²) >= 11 is 0. The Labute approximate surface area is 494 Å². The molecule has 5 nitrogen and oxygen atoms in total. The van der Waals surface area contributed by atoms with Crippen molar-refractivity contribution in [3.8, 4) is 5.69 Å². The second kappa shape index (κ2) is 16.4. The predicted octanol–water partition coefficient (Wildman–Crippen LogP) is 18.9. The number of fused-ring (bicyclic) bond motifs is 16. The number of nitrogens with zero attached hydrogens (tertiary/aromatic N) is 4. The van der Waals surface area contributed by atoms with E-state index in [0.717, 1.165) is 35.8 Å². The molecule has 422 valence electrons. The fraction of sp³-hybridized carbons (Fsp3) is 0.429. The smallest absolute Gasteiger partial charge is 0.252 e. The molecule has 9 aromatic rings. The molecule has 4 aliphatic heterocycles. The van der Waals surface area contributed by atoms with E-state index in [0.29, 0.717) is 0 Å². The molecule has 6 heteroatoms. The van der Waals surface area contributed by atoms with Gasteiger partial charge in [-0.3, -0.25) is 0 Å². The normalized spacial score (nSPS) is 25.3. The highest BCUT2D eigenvalue weighted by Crippen LogP contribution is 2.64. The zero-order chi connectivity index (χ0) is 57.7. The molecule has 0 bridgehead atoms. The average molecular weight is 1090 g/mol. The van der Waals surface area contributed by atoms with Crippen molar-refractivity contribution in [3.63, 3.8) is 0 Å². The Morgan fingerprint density at radius 2 is 1.00 bits per heavy atom. The summed E-state index contributed by atoms with van der Waals surface area (Å²) in [5.41, 5.74) is 28.9. The van der Waals surface area contributed by atoms with Crippen LogP contribution in [0.15, 0.2) is 126 Å². The number of para-hydroxylation sites is 2. The van der Waals surface area contributed by atoms with Gasteiger partial charge in [0.1, 0.15) is 11.1 Å². The third-order valence-electron chi connectivity index (χ3n) is 24.0. The first-order valence-electron chi connectivity index (χ1n) is 31.9. The quantitative estimate of drug-likeness (QED) is 0.165. The Kier molecular flexibility index (Phi) is 10.3. The third-order valence-corrected chi connectivity index (χ3v) is 24.0. The first kappa shape index (κ1) is 51.9. The highest BCUT2D eigenvalue weighted by Gasteiger charge is 2.60. The number of anilines is 7. The van der Waals surface area contributed by atoms with Crippen LogP contribution in [0.3, 0.4) is 0 Å². The predicted molar refractivity (Wildman–Crippen MR) is 353 cm³/mol. The molecule has 83 heavy (non-hydrogen) atoms. The van der Waals surface area contributed by atoms with Crippen LogP contribution in [0.1, 0.15) is 200 Å². The summed E-state index contributed by atoms with van der Waals surface area (Å²) in [7, 11) is 0. The molecule has 0 N–H and O–H groups in total. The molecule has 0 amide bonds. The molecule has 2 fully saturated rings. The zero-order valence-electron chi connectivity index (χ0n) is 52.4. The zero-order valence-corrected chi connectivity index (χ0v) is 52.4. The van der Waals surface area contributed by atoms with Crippen molar-refractivity contribution in [1.29, 1.82) is 0 Å². The highest BCUT2D eigenvalue weighted by molar-refractivity contribution is 7.00. The maximum absolute atomic E-state index is 7.08. The van der Waals surface area contributed by atoms with Gasteiger partial charge in [-0.05, 0) is 197 Å². The van der Waals surface area contributed by atoms with Crippen molar-refractivity contribution < 1.29 is 4.42 Å². The van der Waals surface area contributed by atoms with E-state index >= 15 is 0 Å². The van der Waals surface area contributed by atoms with Gasteiger partial charge in [0.25, 0.3) is 6.71 Å². The summed E-state index contributed by atoms with van der Waals surface area (Å²) in [6.45, 7) is 37.1. The van der Waals surface area contributed by atoms with Gasteiger partial charge >= 0.3 is 0 Å². The van der Waals surface area contributed by atoms with Gasteiger partial charge in [0.2, 0.25) is 0 Å². The second-order valence-electron chi connectivity index (χ2n) is 31.5. The monoisotopic (exact) mass is 1090 g/mol. The summed E-state index contributed by atoms with van der Waals surface area (Å²) in [6.07, 6.45) is 11.9. The molecule has 4 atom stereocenters. The minimum Gasteiger partial charge on any atom is -0.454 e. The molecule has 2 saturated carbocycles. The van der Waals surface area contributed by atoms with Crippen LogP contribution in [-0.4, -0.2) is 22.4 Å². The first-order chi connectivity index (χ1) is 39.3. The SMILES string of the molecule is Cc1cc2c(cc1N1c3cc(N4c5ccc(C(C)(C)C)cc5C5(C)CCCCC45C)ccc3B3c4c1cc(N1c5ccc(C(C)(C)C)cc5C5(C)CCCCC15C)cc4-n1c4c3cccc4c3oc4ccccc4c31)C(C)(C)CCC2(C)C. The molecular formula is C77H85BN4O. The maximum Gasteiger partial charge on any atom is 0.252 e. The van der Waals surface area contributed by atoms with Crippen molar-refractivity contribution in [3.05, 3.63) is 160 Å². The van der Waals surface area contributed by atoms with Crippen LogP contribution < -0.4 is 31.1 Å². The van der Waals surface area contributed by atoms with E-state index < -0.39 is 0 Å². The van der Waals surface area contributed by atoms with Crippen molar-refractivity contribution in [2.45, 2.75) is 212 Å². The Balaban J connectivity index is 1.04. The number of aryl methyl sites for hydroxylation is 1. The number of rotatable bonds is 3. The topological polar surface area (TPSA) is 27.8 Å². The van der Waals surface area contributed by atoms with Crippen LogP contribution in [0.4, 0.5) is 39.8 Å². The maximum atomic E-state index is 7.08. The Morgan fingerprint density at radius 1 is 0.446 bits per heavy atom. The standard InChI is InChI=1S/C77H85BN4O/c1-46-39-53-54(73(10,11)38-37-72(53,8)9)45-61(46)79-62-42-49(81-59-31-27-47(70(2,3)4)40-55(59)74(12)33-18-20-35-76(74,81)14)29-30-57(62)78-58-25-22-24-52-67(58)80(68-51-23-16-17-26-65(51)83-69(52)68)64-44-50(43-63(79)66(64)78)82-60-32-28-48(71(5,6)7)41-56(60)75(13)34-19-21-36-77(75,82)15/h16-17,22-32,39-45H,18-21,33-38H2,1-15H3. The fourth-order valence-corrected chi connectivity index (χ4v) is 18.6. The van der Waals surface area contributed by atoms with Gasteiger partial charge in [-0.1, -0.05) is 169 Å². The third kappa shape index (κ3) is 6.57. The van der Waals surface area contributed by atoms with Gasteiger partial charge in [0.05, 0.1) is 16.6 Å². The minimum atomic E-state index is -0.166. The van der Waals surface area contributed by atoms with Crippen LogP contribution in [0.2, 0.25) is 0 Å². The van der Waals surface area contributed by atoms with Crippen molar-refractivity contribution in [1.82, 2.24) is 4.57 Å². The second-order valence-corrected chi connectivity index (χ2v) is 31.5. The van der Waals surface area contributed by atoms with Crippen molar-refractivity contribution in [2.75, 3.05) is 14.7 Å². The summed E-state index contributed by atoms with van der Waals surface area (Å²) in [6, 6.07) is 49.3. The minimum absolute atomic E-state index is 0.00376. The summed E-state index contributed by atoms with van der Waals surface area (Å²) in [4.78, 5) is 8.49. The van der Waals surface area contributed by atoms with Crippen LogP contribution >= 0.6 is 0 Å². The van der Waals surface area contributed by atoms with E-state index in [1.807, 2.05) is 0 Å². The average Bonchev–Trinajstić information content (AvgIpc) is 1.68. The lowest BCUT2D eigenvalue weighted by Crippen LogP contribution is -2.61. The number of benzene rings is 7. The van der Waals surface area contributed by atoms with Gasteiger partial charge in [-0.2, -0.15) is 0 Å².